The zero-order valence-electron chi connectivity index (χ0n) is 9.31. The number of hydrogen-bond donors (Lipinski definition) is 0. The second kappa shape index (κ2) is 4.36. The Balaban J connectivity index is 2.16. The van der Waals surface area contributed by atoms with Gasteiger partial charge in [-0.15, -0.1) is 0 Å². The summed E-state index contributed by atoms with van der Waals surface area (Å²) in [5.74, 6) is -0.0169. The van der Waals surface area contributed by atoms with E-state index in [1.54, 1.807) is 4.90 Å². The Morgan fingerprint density at radius 3 is 2.75 bits per heavy atom. The van der Waals surface area contributed by atoms with Crippen molar-refractivity contribution in [3.05, 3.63) is 29.8 Å². The minimum Gasteiger partial charge on any atom is -0.312 e. The zero-order valence-corrected chi connectivity index (χ0v) is 9.31. The normalized spacial score (nSPS) is 19.9. The van der Waals surface area contributed by atoms with Crippen molar-refractivity contribution < 1.29 is 4.79 Å². The van der Waals surface area contributed by atoms with Gasteiger partial charge in [0.15, 0.2) is 0 Å². The minimum atomic E-state index is -0.105. The van der Waals surface area contributed by atoms with Crippen LogP contribution < -0.4 is 4.90 Å². The number of anilines is 1. The molecule has 1 heterocycles. The van der Waals surface area contributed by atoms with E-state index in [9.17, 15) is 4.79 Å². The molecule has 1 saturated heterocycles. The first-order valence-electron chi connectivity index (χ1n) is 5.47. The first-order valence-corrected chi connectivity index (χ1v) is 5.47. The molecule has 1 aromatic carbocycles. The van der Waals surface area contributed by atoms with Gasteiger partial charge in [-0.05, 0) is 25.5 Å². The molecule has 16 heavy (non-hydrogen) atoms. The maximum Gasteiger partial charge on any atom is 0.231 e. The molecular formula is C13H14N2O. The van der Waals surface area contributed by atoms with Gasteiger partial charge < -0.3 is 4.90 Å². The smallest absolute Gasteiger partial charge is 0.231 e. The van der Waals surface area contributed by atoms with E-state index in [0.717, 1.165) is 18.7 Å². The van der Waals surface area contributed by atoms with Gasteiger partial charge in [-0.25, -0.2) is 0 Å². The van der Waals surface area contributed by atoms with Crippen LogP contribution in [-0.4, -0.2) is 12.5 Å². The van der Waals surface area contributed by atoms with E-state index in [0.29, 0.717) is 6.42 Å². The summed E-state index contributed by atoms with van der Waals surface area (Å²) in [7, 11) is 0. The molecule has 0 saturated carbocycles. The summed E-state index contributed by atoms with van der Waals surface area (Å²) in [4.78, 5) is 13.7. The van der Waals surface area contributed by atoms with Gasteiger partial charge in [0.05, 0.1) is 12.0 Å². The Morgan fingerprint density at radius 1 is 1.44 bits per heavy atom. The van der Waals surface area contributed by atoms with Gasteiger partial charge in [0.25, 0.3) is 0 Å². The summed E-state index contributed by atoms with van der Waals surface area (Å²) in [5.41, 5.74) is 2.13. The average molecular weight is 214 g/mol. The maximum absolute atomic E-state index is 12.0. The molecule has 82 valence electrons. The van der Waals surface area contributed by atoms with Crippen LogP contribution in [0.5, 0.6) is 0 Å². The molecule has 0 aliphatic carbocycles. The van der Waals surface area contributed by atoms with Crippen molar-refractivity contribution in [1.82, 2.24) is 0 Å². The Kier molecular flexibility index (Phi) is 2.91. The van der Waals surface area contributed by atoms with Crippen molar-refractivity contribution in [2.24, 2.45) is 5.92 Å². The highest BCUT2D eigenvalue weighted by Crippen LogP contribution is 2.26. The third-order valence-corrected chi connectivity index (χ3v) is 3.00. The fourth-order valence-corrected chi connectivity index (χ4v) is 2.02. The number of hydrogen-bond acceptors (Lipinski definition) is 2. The van der Waals surface area contributed by atoms with Crippen LogP contribution in [0.25, 0.3) is 0 Å². The van der Waals surface area contributed by atoms with Gasteiger partial charge in [0.1, 0.15) is 0 Å². The fraction of sp³-hybridized carbons (Fsp3) is 0.385. The molecule has 1 amide bonds. The minimum absolute atomic E-state index is 0.0883. The largest absolute Gasteiger partial charge is 0.312 e. The van der Waals surface area contributed by atoms with E-state index in [4.69, 9.17) is 5.26 Å². The van der Waals surface area contributed by atoms with E-state index >= 15 is 0 Å². The van der Waals surface area contributed by atoms with Crippen molar-refractivity contribution in [1.29, 1.82) is 5.26 Å². The predicted molar refractivity (Wildman–Crippen MR) is 61.9 cm³/mol. The van der Waals surface area contributed by atoms with E-state index in [1.807, 2.05) is 31.2 Å². The predicted octanol–water partition coefficient (Wildman–Crippen LogP) is 2.26. The number of amides is 1. The third-order valence-electron chi connectivity index (χ3n) is 3.00. The Labute approximate surface area is 95.3 Å². The Morgan fingerprint density at radius 2 is 2.12 bits per heavy atom. The van der Waals surface area contributed by atoms with Crippen molar-refractivity contribution in [2.45, 2.75) is 19.8 Å². The first-order chi connectivity index (χ1) is 7.72. The van der Waals surface area contributed by atoms with E-state index in [1.165, 1.54) is 5.56 Å². The van der Waals surface area contributed by atoms with Crippen LogP contribution in [0, 0.1) is 24.2 Å². The molecule has 0 N–H and O–H groups in total. The SMILES string of the molecule is Cc1ccc(N2CCC(CC#N)C2=O)cc1. The number of carbonyl (C=O) groups is 1. The molecule has 3 heteroatoms. The van der Waals surface area contributed by atoms with Gasteiger partial charge in [-0.1, -0.05) is 17.7 Å². The van der Waals surface area contributed by atoms with Gasteiger partial charge in [0, 0.05) is 18.7 Å². The highest BCUT2D eigenvalue weighted by atomic mass is 16.2. The maximum atomic E-state index is 12.0. The van der Waals surface area contributed by atoms with Crippen molar-refractivity contribution in [3.63, 3.8) is 0 Å². The number of aryl methyl sites for hydroxylation is 1. The van der Waals surface area contributed by atoms with Gasteiger partial charge in [-0.3, -0.25) is 4.79 Å². The standard InChI is InChI=1S/C13H14N2O/c1-10-2-4-12(5-3-10)15-9-7-11(6-8-14)13(15)16/h2-5,11H,6-7,9H2,1H3. The molecular weight excluding hydrogens is 200 g/mol. The monoisotopic (exact) mass is 214 g/mol. The van der Waals surface area contributed by atoms with Gasteiger partial charge in [0.2, 0.25) is 5.91 Å². The molecule has 3 nitrogen and oxygen atoms in total. The Bertz CT molecular complexity index is 430. The van der Waals surface area contributed by atoms with E-state index in [-0.39, 0.29) is 11.8 Å². The van der Waals surface area contributed by atoms with Crippen LogP contribution in [0.2, 0.25) is 0 Å². The molecule has 0 radical (unpaired) electrons. The quantitative estimate of drug-likeness (QED) is 0.758. The molecule has 2 rings (SSSR count). The van der Waals surface area contributed by atoms with Gasteiger partial charge in [-0.2, -0.15) is 5.26 Å². The number of nitriles is 1. The average Bonchev–Trinajstić information content (AvgIpc) is 2.63. The Hall–Kier alpha value is -1.82. The van der Waals surface area contributed by atoms with Crippen LogP contribution in [0.1, 0.15) is 18.4 Å². The lowest BCUT2D eigenvalue weighted by Crippen LogP contribution is -2.26. The van der Waals surface area contributed by atoms with E-state index in [2.05, 4.69) is 6.07 Å². The molecule has 1 aliphatic heterocycles. The van der Waals surface area contributed by atoms with Crippen molar-refractivity contribution in [3.8, 4) is 6.07 Å². The third kappa shape index (κ3) is 1.92. The fourth-order valence-electron chi connectivity index (χ4n) is 2.02. The summed E-state index contributed by atoms with van der Waals surface area (Å²) in [5, 5.41) is 8.62. The van der Waals surface area contributed by atoms with Crippen LogP contribution in [0.15, 0.2) is 24.3 Å². The topological polar surface area (TPSA) is 44.1 Å². The number of rotatable bonds is 2. The van der Waals surface area contributed by atoms with Crippen LogP contribution in [0.4, 0.5) is 5.69 Å². The second-order valence-corrected chi connectivity index (χ2v) is 4.17. The lowest BCUT2D eigenvalue weighted by atomic mass is 10.1. The highest BCUT2D eigenvalue weighted by Gasteiger charge is 2.31. The molecule has 1 unspecified atom stereocenters. The first kappa shape index (κ1) is 10.7. The molecule has 1 aliphatic rings. The molecule has 1 atom stereocenters. The number of carbonyl (C=O) groups excluding carboxylic acids is 1. The highest BCUT2D eigenvalue weighted by molar-refractivity contribution is 5.97. The second-order valence-electron chi connectivity index (χ2n) is 4.17. The lowest BCUT2D eigenvalue weighted by molar-refractivity contribution is -0.120. The van der Waals surface area contributed by atoms with Crippen LogP contribution in [0.3, 0.4) is 0 Å². The molecule has 1 fully saturated rings. The summed E-state index contributed by atoms with van der Waals surface area (Å²) in [6.45, 7) is 2.75. The molecule has 0 spiro atoms. The van der Waals surface area contributed by atoms with Crippen molar-refractivity contribution in [2.75, 3.05) is 11.4 Å². The van der Waals surface area contributed by atoms with Gasteiger partial charge >= 0.3 is 0 Å². The number of nitrogens with zero attached hydrogens (tertiary/aromatic N) is 2. The van der Waals surface area contributed by atoms with Crippen LogP contribution >= 0.6 is 0 Å². The van der Waals surface area contributed by atoms with Crippen LogP contribution in [-0.2, 0) is 4.79 Å². The summed E-state index contributed by atoms with van der Waals surface area (Å²) < 4.78 is 0. The summed E-state index contributed by atoms with van der Waals surface area (Å²) in [6.07, 6.45) is 1.13. The summed E-state index contributed by atoms with van der Waals surface area (Å²) >= 11 is 0. The molecule has 1 aromatic rings. The molecule has 0 aromatic heterocycles. The van der Waals surface area contributed by atoms with Crippen molar-refractivity contribution >= 4 is 11.6 Å². The molecule has 0 bridgehead atoms. The summed E-state index contributed by atoms with van der Waals surface area (Å²) in [6, 6.07) is 9.99. The zero-order chi connectivity index (χ0) is 11.5. The lowest BCUT2D eigenvalue weighted by Gasteiger charge is -2.16. The number of benzene rings is 1. The van der Waals surface area contributed by atoms with E-state index < -0.39 is 0 Å².